The molecule has 4 nitrogen and oxygen atoms in total. The van der Waals surface area contributed by atoms with E-state index in [1.165, 1.54) is 6.20 Å². The highest BCUT2D eigenvalue weighted by Crippen LogP contribution is 2.13. The summed E-state index contributed by atoms with van der Waals surface area (Å²) in [5.74, 6) is 0. The molecular weight excluding hydrogens is 274 g/mol. The SMILES string of the molecule is O=S(=O)=C1C(Cc2ccc(Cl)cc2)=CC=C[NH+]1[O-]. The molecule has 0 aliphatic carbocycles. The second-order valence-electron chi connectivity index (χ2n) is 3.78. The number of rotatable bonds is 2. The molecule has 1 heterocycles. The maximum absolute atomic E-state index is 11.5. The van der Waals surface area contributed by atoms with Gasteiger partial charge in [0.1, 0.15) is 6.20 Å². The van der Waals surface area contributed by atoms with E-state index in [1.807, 2.05) is 0 Å². The molecule has 0 saturated carbocycles. The van der Waals surface area contributed by atoms with Crippen molar-refractivity contribution in [2.45, 2.75) is 6.42 Å². The first-order chi connectivity index (χ1) is 8.58. The Kier molecular flexibility index (Phi) is 3.98. The van der Waals surface area contributed by atoms with E-state index in [9.17, 15) is 13.6 Å². The molecule has 94 valence electrons. The molecule has 6 heteroatoms. The van der Waals surface area contributed by atoms with Crippen molar-refractivity contribution >= 4 is 26.9 Å². The average molecular weight is 284 g/mol. The van der Waals surface area contributed by atoms with Gasteiger partial charge in [0.2, 0.25) is 0 Å². The smallest absolute Gasteiger partial charge is 0.277 e. The van der Waals surface area contributed by atoms with E-state index in [0.717, 1.165) is 5.56 Å². The first-order valence-corrected chi connectivity index (χ1v) is 6.66. The molecule has 0 saturated heterocycles. The van der Waals surface area contributed by atoms with Crippen molar-refractivity contribution in [1.82, 2.24) is 0 Å². The molecule has 0 bridgehead atoms. The van der Waals surface area contributed by atoms with E-state index >= 15 is 0 Å². The molecule has 0 spiro atoms. The molecule has 1 aromatic rings. The van der Waals surface area contributed by atoms with Crippen molar-refractivity contribution in [3.05, 3.63) is 64.0 Å². The predicted molar refractivity (Wildman–Crippen MR) is 70.6 cm³/mol. The summed E-state index contributed by atoms with van der Waals surface area (Å²) >= 11 is 5.77. The monoisotopic (exact) mass is 283 g/mol. The summed E-state index contributed by atoms with van der Waals surface area (Å²) in [6, 6.07) is 7.06. The maximum Gasteiger partial charge on any atom is 0.277 e. The van der Waals surface area contributed by atoms with Crippen LogP contribution in [0.15, 0.2) is 48.2 Å². The number of hydroxylamine groups is 2. The van der Waals surface area contributed by atoms with Crippen molar-refractivity contribution in [2.24, 2.45) is 0 Å². The van der Waals surface area contributed by atoms with Crippen LogP contribution < -0.4 is 5.06 Å². The van der Waals surface area contributed by atoms with Gasteiger partial charge in [-0.3, -0.25) is 0 Å². The van der Waals surface area contributed by atoms with Crippen LogP contribution >= 0.6 is 11.6 Å². The topological polar surface area (TPSA) is 61.6 Å². The van der Waals surface area contributed by atoms with Gasteiger partial charge in [-0.15, -0.1) is 0 Å². The Morgan fingerprint density at radius 3 is 2.50 bits per heavy atom. The number of hydrogen-bond donors (Lipinski definition) is 1. The Bertz CT molecular complexity index is 636. The molecular formula is C12H10ClNO3S. The van der Waals surface area contributed by atoms with Crippen LogP contribution in [0, 0.1) is 5.21 Å². The molecule has 1 aromatic carbocycles. The Balaban J connectivity index is 2.33. The predicted octanol–water partition coefficient (Wildman–Crippen LogP) is 0.728. The van der Waals surface area contributed by atoms with Gasteiger partial charge in [-0.2, -0.15) is 8.42 Å². The summed E-state index contributed by atoms with van der Waals surface area (Å²) in [4.78, 5) is -0.160. The van der Waals surface area contributed by atoms with Crippen molar-refractivity contribution in [3.63, 3.8) is 0 Å². The van der Waals surface area contributed by atoms with Crippen LogP contribution in [-0.4, -0.2) is 13.4 Å². The number of allylic oxidation sites excluding steroid dienone is 2. The quantitative estimate of drug-likeness (QED) is 0.643. The van der Waals surface area contributed by atoms with E-state index in [0.29, 0.717) is 17.0 Å². The molecule has 1 atom stereocenters. The minimum Gasteiger partial charge on any atom is -0.623 e. The Labute approximate surface area is 111 Å². The van der Waals surface area contributed by atoms with Crippen LogP contribution in [0.4, 0.5) is 0 Å². The van der Waals surface area contributed by atoms with Crippen molar-refractivity contribution in [2.75, 3.05) is 0 Å². The fraction of sp³-hybridized carbons (Fsp3) is 0.0833. The first-order valence-electron chi connectivity index (χ1n) is 5.20. The van der Waals surface area contributed by atoms with Crippen LogP contribution in [0.25, 0.3) is 0 Å². The third kappa shape index (κ3) is 2.88. The zero-order valence-electron chi connectivity index (χ0n) is 9.26. The van der Waals surface area contributed by atoms with Gasteiger partial charge < -0.3 is 10.3 Å². The first kappa shape index (κ1) is 13.0. The van der Waals surface area contributed by atoms with Crippen LogP contribution in [-0.2, 0) is 16.7 Å². The Morgan fingerprint density at radius 2 is 1.89 bits per heavy atom. The third-order valence-corrected chi connectivity index (χ3v) is 3.58. The lowest BCUT2D eigenvalue weighted by Crippen LogP contribution is -3.06. The maximum atomic E-state index is 11.5. The molecule has 0 aromatic heterocycles. The highest BCUT2D eigenvalue weighted by Gasteiger charge is 2.18. The van der Waals surface area contributed by atoms with Crippen LogP contribution in [0.5, 0.6) is 0 Å². The lowest BCUT2D eigenvalue weighted by molar-refractivity contribution is -0.680. The van der Waals surface area contributed by atoms with Gasteiger partial charge in [0, 0.05) is 17.0 Å². The molecule has 18 heavy (non-hydrogen) atoms. The molecule has 1 unspecified atom stereocenters. The highest BCUT2D eigenvalue weighted by atomic mass is 35.5. The van der Waals surface area contributed by atoms with Gasteiger partial charge in [0.25, 0.3) is 15.3 Å². The summed E-state index contributed by atoms with van der Waals surface area (Å²) in [6.45, 7) is 0. The van der Waals surface area contributed by atoms with E-state index in [2.05, 4.69) is 0 Å². The van der Waals surface area contributed by atoms with E-state index in [1.54, 1.807) is 36.4 Å². The molecule has 0 amide bonds. The lowest BCUT2D eigenvalue weighted by atomic mass is 10.0. The number of nitrogens with one attached hydrogen (secondary N) is 1. The van der Waals surface area contributed by atoms with Gasteiger partial charge >= 0.3 is 0 Å². The fourth-order valence-electron chi connectivity index (χ4n) is 1.71. The summed E-state index contributed by atoms with van der Waals surface area (Å²) < 4.78 is 22.1. The van der Waals surface area contributed by atoms with Gasteiger partial charge in [-0.1, -0.05) is 23.7 Å². The molecule has 0 radical (unpaired) electrons. The average Bonchev–Trinajstić information content (AvgIpc) is 2.32. The van der Waals surface area contributed by atoms with Gasteiger partial charge in [0.15, 0.2) is 0 Å². The van der Waals surface area contributed by atoms with Gasteiger partial charge in [-0.05, 0) is 29.8 Å². The van der Waals surface area contributed by atoms with Gasteiger partial charge in [-0.25, -0.2) is 0 Å². The molecule has 0 fully saturated rings. The number of hydrogen-bond acceptors (Lipinski definition) is 3. The summed E-state index contributed by atoms with van der Waals surface area (Å²) in [7, 11) is -2.52. The Hall–Kier alpha value is -1.40. The zero-order valence-corrected chi connectivity index (χ0v) is 10.8. The summed E-state index contributed by atoms with van der Waals surface area (Å²) in [5, 5.41) is 11.6. The second kappa shape index (κ2) is 5.49. The summed E-state index contributed by atoms with van der Waals surface area (Å²) in [5.41, 5.74) is 1.40. The van der Waals surface area contributed by atoms with Crippen molar-refractivity contribution in [3.8, 4) is 0 Å². The van der Waals surface area contributed by atoms with E-state index in [4.69, 9.17) is 11.6 Å². The summed E-state index contributed by atoms with van der Waals surface area (Å²) in [6.07, 6.45) is 4.83. The lowest BCUT2D eigenvalue weighted by Gasteiger charge is -2.21. The van der Waals surface area contributed by atoms with E-state index in [-0.39, 0.29) is 4.99 Å². The van der Waals surface area contributed by atoms with Crippen molar-refractivity contribution < 1.29 is 13.5 Å². The van der Waals surface area contributed by atoms with Crippen LogP contribution in [0.3, 0.4) is 0 Å². The largest absolute Gasteiger partial charge is 0.623 e. The highest BCUT2D eigenvalue weighted by molar-refractivity contribution is 7.72. The number of benzene rings is 1. The molecule has 1 N–H and O–H groups in total. The number of quaternary nitrogens is 1. The zero-order chi connectivity index (χ0) is 13.1. The minimum atomic E-state index is -2.52. The second-order valence-corrected chi connectivity index (χ2v) is 5.10. The normalized spacial score (nSPS) is 18.7. The number of halogens is 1. The molecule has 1 aliphatic rings. The Morgan fingerprint density at radius 1 is 1.22 bits per heavy atom. The third-order valence-electron chi connectivity index (χ3n) is 2.53. The molecule has 2 rings (SSSR count). The van der Waals surface area contributed by atoms with E-state index < -0.39 is 15.4 Å². The van der Waals surface area contributed by atoms with Gasteiger partial charge in [0.05, 0.1) is 0 Å². The van der Waals surface area contributed by atoms with Crippen molar-refractivity contribution in [1.29, 1.82) is 0 Å². The van der Waals surface area contributed by atoms with Crippen LogP contribution in [0.1, 0.15) is 5.56 Å². The van der Waals surface area contributed by atoms with Crippen LogP contribution in [0.2, 0.25) is 5.02 Å². The minimum absolute atomic E-state index is 0.160. The standard InChI is InChI=1S/C12H10ClNO3S/c13-11-5-3-9(4-6-11)8-10-2-1-7-14(15)12(10)18(16)17/h1-7,14H,8H2. The fourth-order valence-corrected chi connectivity index (χ4v) is 2.42. The molecule has 1 aliphatic heterocycles.